The van der Waals surface area contributed by atoms with Gasteiger partial charge in [-0.1, -0.05) is 0 Å². The molecule has 0 aliphatic rings. The van der Waals surface area contributed by atoms with Crippen LogP contribution in [0.15, 0.2) is 22.7 Å². The molecule has 0 spiro atoms. The molecule has 0 aliphatic carbocycles. The highest BCUT2D eigenvalue weighted by atomic mass is 79.9. The largest absolute Gasteiger partial charge is 0.484 e. The van der Waals surface area contributed by atoms with Crippen LogP contribution in [0.4, 0.5) is 4.39 Å². The van der Waals surface area contributed by atoms with E-state index in [1.807, 2.05) is 0 Å². The quantitative estimate of drug-likeness (QED) is 0.814. The summed E-state index contributed by atoms with van der Waals surface area (Å²) in [6.07, 6.45) is 0. The van der Waals surface area contributed by atoms with Crippen LogP contribution in [0.25, 0.3) is 0 Å². The van der Waals surface area contributed by atoms with Gasteiger partial charge in [-0.05, 0) is 34.1 Å². The van der Waals surface area contributed by atoms with Crippen LogP contribution in [0.2, 0.25) is 0 Å². The molecule has 4 nitrogen and oxygen atoms in total. The van der Waals surface area contributed by atoms with E-state index in [0.29, 0.717) is 23.4 Å². The summed E-state index contributed by atoms with van der Waals surface area (Å²) in [5.74, 6) is -0.190. The Kier molecular flexibility index (Phi) is 5.93. The number of nitrogens with one attached hydrogen (secondary N) is 1. The third kappa shape index (κ3) is 5.14. The van der Waals surface area contributed by atoms with Gasteiger partial charge in [0.2, 0.25) is 0 Å². The molecule has 1 aromatic carbocycles. The van der Waals surface area contributed by atoms with Crippen molar-refractivity contribution in [3.63, 3.8) is 0 Å². The van der Waals surface area contributed by atoms with Crippen LogP contribution in [0, 0.1) is 5.82 Å². The summed E-state index contributed by atoms with van der Waals surface area (Å²) >= 11 is 3.03. The fourth-order valence-electron chi connectivity index (χ4n) is 1.06. The molecule has 0 radical (unpaired) electrons. The van der Waals surface area contributed by atoms with Crippen LogP contribution in [-0.4, -0.2) is 32.8 Å². The van der Waals surface area contributed by atoms with Crippen molar-refractivity contribution < 1.29 is 18.7 Å². The minimum absolute atomic E-state index is 0.109. The molecule has 0 fully saturated rings. The minimum atomic E-state index is -0.373. The van der Waals surface area contributed by atoms with E-state index in [2.05, 4.69) is 21.2 Å². The van der Waals surface area contributed by atoms with E-state index < -0.39 is 0 Å². The molecule has 0 bridgehead atoms. The van der Waals surface area contributed by atoms with Gasteiger partial charge in [-0.2, -0.15) is 0 Å². The Morgan fingerprint density at radius 2 is 2.29 bits per heavy atom. The first-order chi connectivity index (χ1) is 8.13. The lowest BCUT2D eigenvalue weighted by molar-refractivity contribution is -0.123. The Hall–Kier alpha value is -1.14. The minimum Gasteiger partial charge on any atom is -0.484 e. The Bertz CT molecular complexity index is 387. The van der Waals surface area contributed by atoms with E-state index in [0.717, 1.165) is 0 Å². The molecule has 0 saturated heterocycles. The Morgan fingerprint density at radius 1 is 1.53 bits per heavy atom. The van der Waals surface area contributed by atoms with Crippen LogP contribution < -0.4 is 10.1 Å². The average molecular weight is 306 g/mol. The third-order valence-corrected chi connectivity index (χ3v) is 2.50. The molecule has 0 heterocycles. The van der Waals surface area contributed by atoms with Crippen LogP contribution in [-0.2, 0) is 9.53 Å². The van der Waals surface area contributed by atoms with Crippen molar-refractivity contribution in [3.8, 4) is 5.75 Å². The van der Waals surface area contributed by atoms with Gasteiger partial charge in [0.1, 0.15) is 11.6 Å². The first kappa shape index (κ1) is 13.9. The van der Waals surface area contributed by atoms with Crippen molar-refractivity contribution in [2.24, 2.45) is 0 Å². The van der Waals surface area contributed by atoms with Gasteiger partial charge < -0.3 is 14.8 Å². The number of amides is 1. The fourth-order valence-corrected chi connectivity index (χ4v) is 1.42. The number of carbonyl (C=O) groups excluding carboxylic acids is 1. The average Bonchev–Trinajstić information content (AvgIpc) is 2.31. The van der Waals surface area contributed by atoms with Crippen LogP contribution in [0.1, 0.15) is 0 Å². The lowest BCUT2D eigenvalue weighted by Gasteiger charge is -2.07. The maximum absolute atomic E-state index is 12.9. The molecular weight excluding hydrogens is 293 g/mol. The molecule has 0 unspecified atom stereocenters. The summed E-state index contributed by atoms with van der Waals surface area (Å²) in [7, 11) is 1.55. The molecule has 0 atom stereocenters. The first-order valence-corrected chi connectivity index (χ1v) is 5.76. The van der Waals surface area contributed by atoms with E-state index >= 15 is 0 Å². The molecule has 1 rings (SSSR count). The second-order valence-corrected chi connectivity index (χ2v) is 4.06. The van der Waals surface area contributed by atoms with Gasteiger partial charge in [-0.25, -0.2) is 4.39 Å². The Morgan fingerprint density at radius 3 is 2.94 bits per heavy atom. The molecular formula is C11H13BrFNO3. The molecule has 1 N–H and O–H groups in total. The summed E-state index contributed by atoms with van der Waals surface area (Å²) in [6, 6.07) is 4.20. The lowest BCUT2D eigenvalue weighted by atomic mass is 10.3. The van der Waals surface area contributed by atoms with Crippen molar-refractivity contribution in [1.82, 2.24) is 5.32 Å². The van der Waals surface area contributed by atoms with E-state index in [4.69, 9.17) is 9.47 Å². The third-order valence-electron chi connectivity index (χ3n) is 1.89. The number of benzene rings is 1. The molecule has 17 heavy (non-hydrogen) atoms. The van der Waals surface area contributed by atoms with Gasteiger partial charge in [0.15, 0.2) is 6.61 Å². The standard InChI is InChI=1S/C11H13BrFNO3/c1-16-5-4-14-11(15)7-17-8-2-3-10(13)9(12)6-8/h2-3,6H,4-5,7H2,1H3,(H,14,15). The number of rotatable bonds is 6. The van der Waals surface area contributed by atoms with Crippen molar-refractivity contribution in [3.05, 3.63) is 28.5 Å². The smallest absolute Gasteiger partial charge is 0.258 e. The van der Waals surface area contributed by atoms with E-state index in [1.54, 1.807) is 7.11 Å². The van der Waals surface area contributed by atoms with Gasteiger partial charge in [-0.3, -0.25) is 4.79 Å². The van der Waals surface area contributed by atoms with Crippen LogP contribution in [0.5, 0.6) is 5.75 Å². The highest BCUT2D eigenvalue weighted by molar-refractivity contribution is 9.10. The summed E-state index contributed by atoms with van der Waals surface area (Å²) in [5.41, 5.74) is 0. The zero-order chi connectivity index (χ0) is 12.7. The fraction of sp³-hybridized carbons (Fsp3) is 0.364. The van der Waals surface area contributed by atoms with E-state index in [1.165, 1.54) is 18.2 Å². The molecule has 0 aromatic heterocycles. The lowest BCUT2D eigenvalue weighted by Crippen LogP contribution is -2.31. The molecule has 0 aliphatic heterocycles. The number of halogens is 2. The van der Waals surface area contributed by atoms with Crippen LogP contribution in [0.3, 0.4) is 0 Å². The summed E-state index contributed by atoms with van der Waals surface area (Å²) in [4.78, 5) is 11.3. The molecule has 1 aromatic rings. The maximum atomic E-state index is 12.9. The normalized spacial score (nSPS) is 10.1. The van der Waals surface area contributed by atoms with Crippen molar-refractivity contribution in [1.29, 1.82) is 0 Å². The highest BCUT2D eigenvalue weighted by Crippen LogP contribution is 2.21. The van der Waals surface area contributed by atoms with E-state index in [9.17, 15) is 9.18 Å². The zero-order valence-electron chi connectivity index (χ0n) is 9.33. The molecule has 1 amide bonds. The monoisotopic (exact) mass is 305 g/mol. The number of hydrogen-bond donors (Lipinski definition) is 1. The molecule has 6 heteroatoms. The van der Waals surface area contributed by atoms with Crippen LogP contribution >= 0.6 is 15.9 Å². The Labute approximate surface area is 107 Å². The zero-order valence-corrected chi connectivity index (χ0v) is 10.9. The predicted octanol–water partition coefficient (Wildman–Crippen LogP) is 1.73. The molecule has 94 valence electrons. The second kappa shape index (κ2) is 7.24. The highest BCUT2D eigenvalue weighted by Gasteiger charge is 2.04. The van der Waals surface area contributed by atoms with Gasteiger partial charge in [0.25, 0.3) is 5.91 Å². The van der Waals surface area contributed by atoms with Crippen molar-refractivity contribution in [2.45, 2.75) is 0 Å². The van der Waals surface area contributed by atoms with Gasteiger partial charge in [0.05, 0.1) is 11.1 Å². The van der Waals surface area contributed by atoms with Gasteiger partial charge in [0, 0.05) is 13.7 Å². The summed E-state index contributed by atoms with van der Waals surface area (Å²) in [6.45, 7) is 0.779. The van der Waals surface area contributed by atoms with Gasteiger partial charge >= 0.3 is 0 Å². The Balaban J connectivity index is 2.34. The van der Waals surface area contributed by atoms with Crippen molar-refractivity contribution in [2.75, 3.05) is 26.9 Å². The number of ether oxygens (including phenoxy) is 2. The number of carbonyl (C=O) groups is 1. The SMILES string of the molecule is COCCNC(=O)COc1ccc(F)c(Br)c1. The maximum Gasteiger partial charge on any atom is 0.258 e. The van der Waals surface area contributed by atoms with E-state index in [-0.39, 0.29) is 18.3 Å². The number of methoxy groups -OCH3 is 1. The van der Waals surface area contributed by atoms with Gasteiger partial charge in [-0.15, -0.1) is 0 Å². The summed E-state index contributed by atoms with van der Waals surface area (Å²) in [5, 5.41) is 2.61. The first-order valence-electron chi connectivity index (χ1n) is 4.97. The second-order valence-electron chi connectivity index (χ2n) is 3.21. The predicted molar refractivity (Wildman–Crippen MR) is 64.5 cm³/mol. The molecule has 0 saturated carbocycles. The summed E-state index contributed by atoms with van der Waals surface area (Å²) < 4.78 is 23.2. The van der Waals surface area contributed by atoms with Crippen molar-refractivity contribution >= 4 is 21.8 Å². The number of hydrogen-bond acceptors (Lipinski definition) is 3. The topological polar surface area (TPSA) is 47.6 Å².